The number of nitrogens with zero attached hydrogens (tertiary/aromatic N) is 2. The lowest BCUT2D eigenvalue weighted by Crippen LogP contribution is -2.24. The third-order valence-electron chi connectivity index (χ3n) is 2.95. The summed E-state index contributed by atoms with van der Waals surface area (Å²) in [4.78, 5) is 15.9. The summed E-state index contributed by atoms with van der Waals surface area (Å²) in [5.41, 5.74) is 0.434. The molecule has 6 heteroatoms. The van der Waals surface area contributed by atoms with Crippen LogP contribution in [0.1, 0.15) is 12.5 Å². The van der Waals surface area contributed by atoms with Crippen molar-refractivity contribution in [1.29, 1.82) is 0 Å². The summed E-state index contributed by atoms with van der Waals surface area (Å²) >= 11 is 3.31. The predicted octanol–water partition coefficient (Wildman–Crippen LogP) is 2.82. The molecule has 0 saturated heterocycles. The zero-order chi connectivity index (χ0) is 14.5. The lowest BCUT2D eigenvalue weighted by atomic mass is 10.1. The van der Waals surface area contributed by atoms with Gasteiger partial charge in [0.15, 0.2) is 5.82 Å². The Labute approximate surface area is 124 Å². The molecule has 0 saturated carbocycles. The highest BCUT2D eigenvalue weighted by molar-refractivity contribution is 9.10. The number of halogens is 2. The summed E-state index contributed by atoms with van der Waals surface area (Å²) in [6, 6.07) is 4.81. The van der Waals surface area contributed by atoms with E-state index in [1.807, 2.05) is 6.92 Å². The maximum Gasteiger partial charge on any atom is 0.293 e. The zero-order valence-electron chi connectivity index (χ0n) is 11.1. The van der Waals surface area contributed by atoms with E-state index in [-0.39, 0.29) is 11.4 Å². The van der Waals surface area contributed by atoms with Gasteiger partial charge >= 0.3 is 0 Å². The SMILES string of the molecule is CCn1ccnc(NCCc2cc(Br)ccc2F)c1=O. The van der Waals surface area contributed by atoms with Crippen LogP contribution in [0.4, 0.5) is 10.2 Å². The summed E-state index contributed by atoms with van der Waals surface area (Å²) < 4.78 is 16.0. The minimum absolute atomic E-state index is 0.162. The Morgan fingerprint density at radius 1 is 1.45 bits per heavy atom. The third kappa shape index (κ3) is 3.45. The van der Waals surface area contributed by atoms with Gasteiger partial charge in [-0.05, 0) is 37.1 Å². The average Bonchev–Trinajstić information content (AvgIpc) is 2.44. The van der Waals surface area contributed by atoms with Crippen LogP contribution in [0.2, 0.25) is 0 Å². The van der Waals surface area contributed by atoms with Crippen molar-refractivity contribution < 1.29 is 4.39 Å². The van der Waals surface area contributed by atoms with Gasteiger partial charge in [0.2, 0.25) is 0 Å². The molecule has 0 amide bonds. The van der Waals surface area contributed by atoms with E-state index in [0.29, 0.717) is 30.9 Å². The number of hydrogen-bond acceptors (Lipinski definition) is 3. The Kier molecular flexibility index (Phi) is 4.89. The Morgan fingerprint density at radius 2 is 2.25 bits per heavy atom. The van der Waals surface area contributed by atoms with Crippen molar-refractivity contribution in [1.82, 2.24) is 9.55 Å². The van der Waals surface area contributed by atoms with E-state index in [2.05, 4.69) is 26.2 Å². The van der Waals surface area contributed by atoms with Gasteiger partial charge < -0.3 is 9.88 Å². The number of anilines is 1. The molecular formula is C14H15BrFN3O. The van der Waals surface area contributed by atoms with Crippen molar-refractivity contribution in [2.45, 2.75) is 19.9 Å². The summed E-state index contributed by atoms with van der Waals surface area (Å²) in [5, 5.41) is 2.96. The second-order valence-electron chi connectivity index (χ2n) is 4.28. The summed E-state index contributed by atoms with van der Waals surface area (Å²) in [5.74, 6) is 0.0479. The molecule has 4 nitrogen and oxygen atoms in total. The number of nitrogens with one attached hydrogen (secondary N) is 1. The highest BCUT2D eigenvalue weighted by Crippen LogP contribution is 2.15. The first-order chi connectivity index (χ1) is 9.61. The Morgan fingerprint density at radius 3 is 3.00 bits per heavy atom. The molecule has 0 aliphatic rings. The molecule has 0 aliphatic heterocycles. The van der Waals surface area contributed by atoms with Gasteiger partial charge in [-0.3, -0.25) is 4.79 Å². The van der Waals surface area contributed by atoms with Crippen LogP contribution in [-0.4, -0.2) is 16.1 Å². The second-order valence-corrected chi connectivity index (χ2v) is 5.20. The highest BCUT2D eigenvalue weighted by Gasteiger charge is 2.05. The molecule has 0 bridgehead atoms. The van der Waals surface area contributed by atoms with Crippen LogP contribution in [0.5, 0.6) is 0 Å². The fourth-order valence-corrected chi connectivity index (χ4v) is 2.28. The number of aromatic nitrogens is 2. The molecule has 2 rings (SSSR count). The topological polar surface area (TPSA) is 46.9 Å². The molecule has 0 spiro atoms. The predicted molar refractivity (Wildman–Crippen MR) is 80.5 cm³/mol. The molecule has 106 valence electrons. The highest BCUT2D eigenvalue weighted by atomic mass is 79.9. The molecule has 2 aromatic rings. The van der Waals surface area contributed by atoms with Gasteiger partial charge in [0, 0.05) is 30.0 Å². The van der Waals surface area contributed by atoms with E-state index in [1.54, 1.807) is 29.1 Å². The van der Waals surface area contributed by atoms with E-state index in [9.17, 15) is 9.18 Å². The first-order valence-electron chi connectivity index (χ1n) is 6.35. The van der Waals surface area contributed by atoms with Crippen LogP contribution in [0, 0.1) is 5.82 Å². The minimum Gasteiger partial charge on any atom is -0.365 e. The summed E-state index contributed by atoms with van der Waals surface area (Å²) in [6.45, 7) is 2.93. The summed E-state index contributed by atoms with van der Waals surface area (Å²) in [7, 11) is 0. The maximum atomic E-state index is 13.6. The molecule has 1 aromatic heterocycles. The van der Waals surface area contributed by atoms with Gasteiger partial charge in [-0.2, -0.15) is 0 Å². The molecule has 1 aromatic carbocycles. The van der Waals surface area contributed by atoms with E-state index in [1.165, 1.54) is 6.07 Å². The molecule has 0 radical (unpaired) electrons. The van der Waals surface area contributed by atoms with Gasteiger partial charge in [0.1, 0.15) is 5.82 Å². The van der Waals surface area contributed by atoms with E-state index >= 15 is 0 Å². The van der Waals surface area contributed by atoms with Crippen molar-refractivity contribution >= 4 is 21.7 Å². The Hall–Kier alpha value is -1.69. The number of benzene rings is 1. The van der Waals surface area contributed by atoms with Crippen molar-refractivity contribution in [2.75, 3.05) is 11.9 Å². The summed E-state index contributed by atoms with van der Waals surface area (Å²) in [6.07, 6.45) is 3.70. The molecular weight excluding hydrogens is 325 g/mol. The van der Waals surface area contributed by atoms with Crippen molar-refractivity contribution in [3.8, 4) is 0 Å². The largest absolute Gasteiger partial charge is 0.365 e. The van der Waals surface area contributed by atoms with Gasteiger partial charge in [0.05, 0.1) is 0 Å². The molecule has 0 fully saturated rings. The quantitative estimate of drug-likeness (QED) is 0.911. The lowest BCUT2D eigenvalue weighted by Gasteiger charge is -2.08. The average molecular weight is 340 g/mol. The minimum atomic E-state index is -0.248. The first kappa shape index (κ1) is 14.7. The van der Waals surface area contributed by atoms with Gasteiger partial charge in [-0.1, -0.05) is 15.9 Å². The zero-order valence-corrected chi connectivity index (χ0v) is 12.7. The fraction of sp³-hybridized carbons (Fsp3) is 0.286. The second kappa shape index (κ2) is 6.65. The number of hydrogen-bond donors (Lipinski definition) is 1. The molecule has 1 N–H and O–H groups in total. The Balaban J connectivity index is 2.03. The van der Waals surface area contributed by atoms with Gasteiger partial charge in [0.25, 0.3) is 5.56 Å². The fourth-order valence-electron chi connectivity index (χ4n) is 1.87. The third-order valence-corrected chi connectivity index (χ3v) is 3.44. The maximum absolute atomic E-state index is 13.6. The van der Waals surface area contributed by atoms with E-state index in [0.717, 1.165) is 4.47 Å². The monoisotopic (exact) mass is 339 g/mol. The molecule has 0 atom stereocenters. The smallest absolute Gasteiger partial charge is 0.293 e. The molecule has 0 unspecified atom stereocenters. The lowest BCUT2D eigenvalue weighted by molar-refractivity contribution is 0.610. The van der Waals surface area contributed by atoms with E-state index in [4.69, 9.17) is 0 Å². The standard InChI is InChI=1S/C14H15BrFN3O/c1-2-19-8-7-18-13(14(19)20)17-6-5-10-9-11(15)3-4-12(10)16/h3-4,7-9H,2,5-6H2,1H3,(H,17,18). The van der Waals surface area contributed by atoms with Crippen molar-refractivity contribution in [3.05, 3.63) is 56.8 Å². The molecule has 1 heterocycles. The molecule has 0 aliphatic carbocycles. The van der Waals surface area contributed by atoms with Crippen molar-refractivity contribution in [2.24, 2.45) is 0 Å². The van der Waals surface area contributed by atoms with Crippen LogP contribution >= 0.6 is 15.9 Å². The normalized spacial score (nSPS) is 10.6. The van der Waals surface area contributed by atoms with Crippen LogP contribution in [0.25, 0.3) is 0 Å². The number of rotatable bonds is 5. The van der Waals surface area contributed by atoms with Crippen LogP contribution in [-0.2, 0) is 13.0 Å². The van der Waals surface area contributed by atoms with Crippen LogP contribution in [0.3, 0.4) is 0 Å². The Bertz CT molecular complexity index is 657. The van der Waals surface area contributed by atoms with Crippen LogP contribution in [0.15, 0.2) is 39.9 Å². The number of aryl methyl sites for hydroxylation is 1. The van der Waals surface area contributed by atoms with Crippen LogP contribution < -0.4 is 10.9 Å². The van der Waals surface area contributed by atoms with Crippen molar-refractivity contribution in [3.63, 3.8) is 0 Å². The first-order valence-corrected chi connectivity index (χ1v) is 7.14. The molecule has 20 heavy (non-hydrogen) atoms. The van der Waals surface area contributed by atoms with Gasteiger partial charge in [-0.15, -0.1) is 0 Å². The van der Waals surface area contributed by atoms with Gasteiger partial charge in [-0.25, -0.2) is 9.37 Å². The van der Waals surface area contributed by atoms with E-state index < -0.39 is 0 Å².